The second-order valence-corrected chi connectivity index (χ2v) is 6.03. The third-order valence-corrected chi connectivity index (χ3v) is 4.40. The van der Waals surface area contributed by atoms with E-state index in [0.29, 0.717) is 0 Å². The molecule has 0 radical (unpaired) electrons. The number of aromatic nitrogens is 2. The maximum Gasteiger partial charge on any atom is 0.132 e. The molecule has 1 aromatic carbocycles. The first-order valence-corrected chi connectivity index (χ1v) is 7.79. The van der Waals surface area contributed by atoms with E-state index >= 15 is 0 Å². The lowest BCUT2D eigenvalue weighted by Crippen LogP contribution is -2.25. The van der Waals surface area contributed by atoms with E-state index in [0.717, 1.165) is 37.5 Å². The Labute approximate surface area is 126 Å². The summed E-state index contributed by atoms with van der Waals surface area (Å²) in [4.78, 5) is 9.40. The van der Waals surface area contributed by atoms with Gasteiger partial charge in [-0.3, -0.25) is 0 Å². The molecule has 1 aliphatic rings. The molecular weight excluding hydrogens is 258 g/mol. The van der Waals surface area contributed by atoms with Crippen LogP contribution < -0.4 is 5.32 Å². The molecule has 0 spiro atoms. The topological polar surface area (TPSA) is 37.8 Å². The van der Waals surface area contributed by atoms with Crippen LogP contribution in [0.4, 0.5) is 0 Å². The van der Waals surface area contributed by atoms with Crippen LogP contribution >= 0.6 is 0 Å². The Hall–Kier alpha value is -1.74. The number of hydrogen-bond acceptors (Lipinski definition) is 3. The highest BCUT2D eigenvalue weighted by atomic mass is 14.9. The van der Waals surface area contributed by atoms with Gasteiger partial charge in [0, 0.05) is 18.3 Å². The predicted molar refractivity (Wildman–Crippen MR) is 85.5 cm³/mol. The third-order valence-electron chi connectivity index (χ3n) is 4.40. The third kappa shape index (κ3) is 3.30. The van der Waals surface area contributed by atoms with Crippen molar-refractivity contribution in [2.45, 2.75) is 32.6 Å². The van der Waals surface area contributed by atoms with Gasteiger partial charge in [0.25, 0.3) is 0 Å². The summed E-state index contributed by atoms with van der Waals surface area (Å²) in [6.07, 6.45) is 6.32. The Balaban J connectivity index is 1.77. The van der Waals surface area contributed by atoms with Gasteiger partial charge in [0.15, 0.2) is 0 Å². The maximum absolute atomic E-state index is 4.81. The van der Waals surface area contributed by atoms with E-state index in [1.165, 1.54) is 28.8 Å². The van der Waals surface area contributed by atoms with Crippen LogP contribution in [-0.2, 0) is 19.3 Å². The molecule has 1 heterocycles. The zero-order valence-corrected chi connectivity index (χ0v) is 12.9. The molecule has 0 saturated carbocycles. The molecule has 110 valence electrons. The van der Waals surface area contributed by atoms with E-state index in [1.807, 2.05) is 7.05 Å². The highest BCUT2D eigenvalue weighted by molar-refractivity contribution is 5.29. The molecule has 1 aliphatic carbocycles. The van der Waals surface area contributed by atoms with Gasteiger partial charge in [-0.05, 0) is 62.4 Å². The molecule has 0 fully saturated rings. The number of benzene rings is 1. The van der Waals surface area contributed by atoms with E-state index in [4.69, 9.17) is 4.98 Å². The van der Waals surface area contributed by atoms with Crippen molar-refractivity contribution in [1.29, 1.82) is 0 Å². The summed E-state index contributed by atoms with van der Waals surface area (Å²) < 4.78 is 0. The fourth-order valence-electron chi connectivity index (χ4n) is 3.15. The summed E-state index contributed by atoms with van der Waals surface area (Å²) in [5.74, 6) is 1.68. The molecule has 3 heteroatoms. The van der Waals surface area contributed by atoms with Crippen LogP contribution in [0.3, 0.4) is 0 Å². The fourth-order valence-corrected chi connectivity index (χ4v) is 3.15. The number of aryl methyl sites for hydroxylation is 2. The van der Waals surface area contributed by atoms with Gasteiger partial charge in [0.05, 0.1) is 0 Å². The summed E-state index contributed by atoms with van der Waals surface area (Å²) in [5.41, 5.74) is 5.24. The second kappa shape index (κ2) is 6.35. The van der Waals surface area contributed by atoms with Crippen LogP contribution in [0.1, 0.15) is 34.6 Å². The summed E-state index contributed by atoms with van der Waals surface area (Å²) in [6, 6.07) is 8.48. The lowest BCUT2D eigenvalue weighted by Gasteiger charge is -2.23. The molecule has 3 rings (SSSR count). The zero-order valence-electron chi connectivity index (χ0n) is 12.9. The Morgan fingerprint density at radius 1 is 1.29 bits per heavy atom. The van der Waals surface area contributed by atoms with Crippen molar-refractivity contribution < 1.29 is 0 Å². The Kier molecular flexibility index (Phi) is 4.30. The van der Waals surface area contributed by atoms with Gasteiger partial charge in [-0.15, -0.1) is 0 Å². The van der Waals surface area contributed by atoms with Crippen molar-refractivity contribution in [2.75, 3.05) is 13.6 Å². The van der Waals surface area contributed by atoms with Gasteiger partial charge < -0.3 is 5.32 Å². The lowest BCUT2D eigenvalue weighted by atomic mass is 9.87. The molecule has 1 N–H and O–H groups in total. The van der Waals surface area contributed by atoms with Gasteiger partial charge in [-0.25, -0.2) is 9.97 Å². The first kappa shape index (κ1) is 14.2. The fraction of sp³-hybridized carbons (Fsp3) is 0.444. The number of rotatable bonds is 4. The highest BCUT2D eigenvalue weighted by Crippen LogP contribution is 2.24. The van der Waals surface area contributed by atoms with Crippen LogP contribution in [0.2, 0.25) is 0 Å². The summed E-state index contributed by atoms with van der Waals surface area (Å²) in [5, 5.41) is 3.28. The Bertz CT molecular complexity index is 622. The first-order valence-electron chi connectivity index (χ1n) is 7.79. The summed E-state index contributed by atoms with van der Waals surface area (Å²) >= 11 is 0. The maximum atomic E-state index is 4.81. The lowest BCUT2D eigenvalue weighted by molar-refractivity contribution is 0.433. The Morgan fingerprint density at radius 2 is 2.14 bits per heavy atom. The van der Waals surface area contributed by atoms with Crippen LogP contribution in [0.15, 0.2) is 30.5 Å². The van der Waals surface area contributed by atoms with Crippen LogP contribution in [0, 0.1) is 12.8 Å². The van der Waals surface area contributed by atoms with Crippen molar-refractivity contribution >= 4 is 0 Å². The standard InChI is InChI=1S/C18H23N3/c1-13-5-3-4-6-15(13)10-18-20-12-16-9-14(11-19-2)7-8-17(16)21-18/h3-6,12,14,19H,7-11H2,1-2H3. The zero-order chi connectivity index (χ0) is 14.7. The van der Waals surface area contributed by atoms with E-state index in [-0.39, 0.29) is 0 Å². The number of fused-ring (bicyclic) bond motifs is 1. The minimum atomic E-state index is 0.730. The smallest absolute Gasteiger partial charge is 0.132 e. The van der Waals surface area contributed by atoms with Crippen molar-refractivity contribution in [2.24, 2.45) is 5.92 Å². The quantitative estimate of drug-likeness (QED) is 0.936. The molecular formula is C18H23N3. The molecule has 0 bridgehead atoms. The molecule has 0 amide bonds. The minimum absolute atomic E-state index is 0.730. The number of nitrogens with zero attached hydrogens (tertiary/aromatic N) is 2. The van der Waals surface area contributed by atoms with E-state index < -0.39 is 0 Å². The highest BCUT2D eigenvalue weighted by Gasteiger charge is 2.20. The van der Waals surface area contributed by atoms with Gasteiger partial charge in [0.2, 0.25) is 0 Å². The van der Waals surface area contributed by atoms with Crippen molar-refractivity contribution in [3.63, 3.8) is 0 Å². The molecule has 1 atom stereocenters. The number of nitrogens with one attached hydrogen (secondary N) is 1. The van der Waals surface area contributed by atoms with Gasteiger partial charge in [0.1, 0.15) is 5.82 Å². The van der Waals surface area contributed by atoms with Gasteiger partial charge in [-0.1, -0.05) is 24.3 Å². The molecule has 2 aromatic rings. The molecule has 3 nitrogen and oxygen atoms in total. The SMILES string of the molecule is CNCC1CCc2nc(Cc3ccccc3C)ncc2C1. The van der Waals surface area contributed by atoms with Crippen molar-refractivity contribution in [3.05, 3.63) is 58.7 Å². The minimum Gasteiger partial charge on any atom is -0.319 e. The van der Waals surface area contributed by atoms with E-state index in [9.17, 15) is 0 Å². The number of hydrogen-bond donors (Lipinski definition) is 1. The molecule has 1 aromatic heterocycles. The van der Waals surface area contributed by atoms with Gasteiger partial charge in [-0.2, -0.15) is 0 Å². The average molecular weight is 281 g/mol. The monoisotopic (exact) mass is 281 g/mol. The predicted octanol–water partition coefficient (Wildman–Crippen LogP) is 2.70. The van der Waals surface area contributed by atoms with Crippen molar-refractivity contribution in [3.8, 4) is 0 Å². The van der Waals surface area contributed by atoms with Crippen LogP contribution in [0.25, 0.3) is 0 Å². The second-order valence-electron chi connectivity index (χ2n) is 6.03. The van der Waals surface area contributed by atoms with Crippen molar-refractivity contribution in [1.82, 2.24) is 15.3 Å². The van der Waals surface area contributed by atoms with E-state index in [2.05, 4.69) is 47.7 Å². The molecule has 21 heavy (non-hydrogen) atoms. The normalized spacial score (nSPS) is 17.5. The average Bonchev–Trinajstić information content (AvgIpc) is 2.50. The molecule has 0 saturated heterocycles. The summed E-state index contributed by atoms with van der Waals surface area (Å²) in [7, 11) is 2.03. The van der Waals surface area contributed by atoms with Crippen LogP contribution in [-0.4, -0.2) is 23.6 Å². The first-order chi connectivity index (χ1) is 10.3. The van der Waals surface area contributed by atoms with E-state index in [1.54, 1.807) is 0 Å². The molecule has 0 aliphatic heterocycles. The Morgan fingerprint density at radius 3 is 2.95 bits per heavy atom. The van der Waals surface area contributed by atoms with Gasteiger partial charge >= 0.3 is 0 Å². The van der Waals surface area contributed by atoms with Crippen LogP contribution in [0.5, 0.6) is 0 Å². The summed E-state index contributed by atoms with van der Waals surface area (Å²) in [6.45, 7) is 3.24. The largest absolute Gasteiger partial charge is 0.319 e. The molecule has 1 unspecified atom stereocenters.